The van der Waals surface area contributed by atoms with Gasteiger partial charge in [0.1, 0.15) is 5.69 Å². The number of anilines is 1. The summed E-state index contributed by atoms with van der Waals surface area (Å²) in [7, 11) is 2.11. The van der Waals surface area contributed by atoms with Crippen LogP contribution in [0.5, 0.6) is 0 Å². The van der Waals surface area contributed by atoms with Crippen molar-refractivity contribution >= 4 is 11.6 Å². The highest BCUT2D eigenvalue weighted by Crippen LogP contribution is 2.14. The van der Waals surface area contributed by atoms with Crippen molar-refractivity contribution in [3.63, 3.8) is 0 Å². The van der Waals surface area contributed by atoms with Gasteiger partial charge < -0.3 is 10.6 Å². The molecule has 1 aromatic rings. The van der Waals surface area contributed by atoms with E-state index in [1.165, 1.54) is 0 Å². The van der Waals surface area contributed by atoms with Crippen LogP contribution in [-0.4, -0.2) is 53.4 Å². The lowest BCUT2D eigenvalue weighted by Crippen LogP contribution is -2.53. The minimum absolute atomic E-state index is 0.0196. The molecule has 2 rings (SSSR count). The maximum Gasteiger partial charge on any atom is 0.272 e. The van der Waals surface area contributed by atoms with Gasteiger partial charge in [0, 0.05) is 37.6 Å². The number of rotatable bonds is 2. The first-order chi connectivity index (χ1) is 8.61. The highest BCUT2D eigenvalue weighted by atomic mass is 16.2. The number of nitrogen functional groups attached to an aromatic ring is 1. The summed E-state index contributed by atoms with van der Waals surface area (Å²) in [4.78, 5) is 20.6. The van der Waals surface area contributed by atoms with Gasteiger partial charge >= 0.3 is 0 Å². The molecule has 18 heavy (non-hydrogen) atoms. The fourth-order valence-electron chi connectivity index (χ4n) is 2.30. The minimum Gasteiger partial charge on any atom is -0.399 e. The predicted molar refractivity (Wildman–Crippen MR) is 71.3 cm³/mol. The molecule has 1 unspecified atom stereocenters. The minimum atomic E-state index is -0.0196. The molecular formula is C13H20N4O. The highest BCUT2D eigenvalue weighted by molar-refractivity contribution is 5.93. The second kappa shape index (κ2) is 5.35. The van der Waals surface area contributed by atoms with Crippen LogP contribution in [0.3, 0.4) is 0 Å². The van der Waals surface area contributed by atoms with Crippen LogP contribution < -0.4 is 5.73 Å². The van der Waals surface area contributed by atoms with Gasteiger partial charge in [-0.05, 0) is 25.6 Å². The lowest BCUT2D eigenvalue weighted by Gasteiger charge is -2.38. The van der Waals surface area contributed by atoms with Gasteiger partial charge in [0.15, 0.2) is 0 Å². The van der Waals surface area contributed by atoms with Crippen LogP contribution in [0.4, 0.5) is 5.69 Å². The Morgan fingerprint density at radius 2 is 2.33 bits per heavy atom. The number of carbonyl (C=O) groups is 1. The number of piperazine rings is 1. The maximum atomic E-state index is 12.3. The molecule has 1 aliphatic rings. The lowest BCUT2D eigenvalue weighted by atomic mass is 10.1. The lowest BCUT2D eigenvalue weighted by molar-refractivity contribution is 0.0536. The first kappa shape index (κ1) is 12.8. The van der Waals surface area contributed by atoms with Crippen LogP contribution in [0.15, 0.2) is 18.3 Å². The van der Waals surface area contributed by atoms with E-state index < -0.39 is 0 Å². The Balaban J connectivity index is 2.10. The van der Waals surface area contributed by atoms with Crippen molar-refractivity contribution < 1.29 is 4.79 Å². The third-order valence-corrected chi connectivity index (χ3v) is 3.54. The van der Waals surface area contributed by atoms with E-state index in [4.69, 9.17) is 5.73 Å². The monoisotopic (exact) mass is 248 g/mol. The van der Waals surface area contributed by atoms with E-state index in [9.17, 15) is 4.79 Å². The van der Waals surface area contributed by atoms with Crippen LogP contribution in [-0.2, 0) is 0 Å². The molecule has 0 bridgehead atoms. The molecule has 0 aliphatic carbocycles. The first-order valence-electron chi connectivity index (χ1n) is 6.33. The molecule has 1 fully saturated rings. The Labute approximate surface area is 108 Å². The van der Waals surface area contributed by atoms with E-state index in [0.29, 0.717) is 17.4 Å². The summed E-state index contributed by atoms with van der Waals surface area (Å²) < 4.78 is 0. The van der Waals surface area contributed by atoms with Gasteiger partial charge in [-0.15, -0.1) is 0 Å². The predicted octanol–water partition coefficient (Wildman–Crippen LogP) is 0.830. The zero-order chi connectivity index (χ0) is 13.1. The number of nitrogens with two attached hydrogens (primary N) is 1. The van der Waals surface area contributed by atoms with Gasteiger partial charge in [0.25, 0.3) is 5.91 Å². The van der Waals surface area contributed by atoms with Gasteiger partial charge in [0.2, 0.25) is 0 Å². The summed E-state index contributed by atoms with van der Waals surface area (Å²) in [6.07, 6.45) is 2.63. The highest BCUT2D eigenvalue weighted by Gasteiger charge is 2.27. The molecule has 0 radical (unpaired) electrons. The van der Waals surface area contributed by atoms with Crippen molar-refractivity contribution in [1.29, 1.82) is 0 Å². The van der Waals surface area contributed by atoms with E-state index in [1.54, 1.807) is 18.3 Å². The standard InChI is InChI=1S/C13H20N4O/c1-3-11-9-17(7-6-16(11)2)13(18)12-8-10(14)4-5-15-12/h4-5,8,11H,3,6-7,9H2,1-2H3,(H2,14,15). The van der Waals surface area contributed by atoms with E-state index in [0.717, 1.165) is 26.1 Å². The molecule has 5 nitrogen and oxygen atoms in total. The van der Waals surface area contributed by atoms with Gasteiger partial charge in [-0.1, -0.05) is 6.92 Å². The zero-order valence-corrected chi connectivity index (χ0v) is 11.0. The number of pyridine rings is 1. The average molecular weight is 248 g/mol. The molecule has 2 heterocycles. The molecular weight excluding hydrogens is 228 g/mol. The zero-order valence-electron chi connectivity index (χ0n) is 11.0. The van der Waals surface area contributed by atoms with Gasteiger partial charge in [-0.3, -0.25) is 14.7 Å². The number of aromatic nitrogens is 1. The topological polar surface area (TPSA) is 62.5 Å². The van der Waals surface area contributed by atoms with Crippen molar-refractivity contribution in [1.82, 2.24) is 14.8 Å². The molecule has 98 valence electrons. The molecule has 1 aliphatic heterocycles. The summed E-state index contributed by atoms with van der Waals surface area (Å²) in [5, 5.41) is 0. The average Bonchev–Trinajstić information content (AvgIpc) is 2.38. The molecule has 1 aromatic heterocycles. The maximum absolute atomic E-state index is 12.3. The number of hydrogen-bond donors (Lipinski definition) is 1. The van der Waals surface area contributed by atoms with Gasteiger partial charge in [0.05, 0.1) is 0 Å². The number of likely N-dealkylation sites (N-methyl/N-ethyl adjacent to an activating group) is 1. The number of carbonyl (C=O) groups excluding carboxylic acids is 1. The first-order valence-corrected chi connectivity index (χ1v) is 6.33. The third kappa shape index (κ3) is 2.61. The van der Waals surface area contributed by atoms with Gasteiger partial charge in [-0.2, -0.15) is 0 Å². The Bertz CT molecular complexity index is 435. The van der Waals surface area contributed by atoms with Gasteiger partial charge in [-0.25, -0.2) is 0 Å². The van der Waals surface area contributed by atoms with E-state index in [1.807, 2.05) is 4.90 Å². The quantitative estimate of drug-likeness (QED) is 0.842. The van der Waals surface area contributed by atoms with Crippen LogP contribution in [0.25, 0.3) is 0 Å². The normalized spacial score (nSPS) is 21.0. The van der Waals surface area contributed by atoms with Crippen molar-refractivity contribution in [2.24, 2.45) is 0 Å². The second-order valence-corrected chi connectivity index (χ2v) is 4.77. The fourth-order valence-corrected chi connectivity index (χ4v) is 2.30. The summed E-state index contributed by atoms with van der Waals surface area (Å²) in [5.74, 6) is -0.0196. The third-order valence-electron chi connectivity index (χ3n) is 3.54. The largest absolute Gasteiger partial charge is 0.399 e. The van der Waals surface area contributed by atoms with Crippen molar-refractivity contribution in [2.75, 3.05) is 32.4 Å². The molecule has 2 N–H and O–H groups in total. The summed E-state index contributed by atoms with van der Waals surface area (Å²) in [5.41, 5.74) is 6.70. The molecule has 0 saturated carbocycles. The smallest absolute Gasteiger partial charge is 0.272 e. The van der Waals surface area contributed by atoms with E-state index in [-0.39, 0.29) is 5.91 Å². The van der Waals surface area contributed by atoms with Crippen LogP contribution in [0.2, 0.25) is 0 Å². The van der Waals surface area contributed by atoms with Crippen LogP contribution in [0.1, 0.15) is 23.8 Å². The fraction of sp³-hybridized carbons (Fsp3) is 0.538. The number of nitrogens with zero attached hydrogens (tertiary/aromatic N) is 3. The van der Waals surface area contributed by atoms with E-state index in [2.05, 4.69) is 23.9 Å². The summed E-state index contributed by atoms with van der Waals surface area (Å²) in [6.45, 7) is 4.57. The van der Waals surface area contributed by atoms with E-state index >= 15 is 0 Å². The van der Waals surface area contributed by atoms with Crippen LogP contribution in [0, 0.1) is 0 Å². The Kier molecular flexibility index (Phi) is 3.81. The molecule has 1 saturated heterocycles. The molecule has 0 spiro atoms. The Hall–Kier alpha value is -1.62. The van der Waals surface area contributed by atoms with Crippen molar-refractivity contribution in [2.45, 2.75) is 19.4 Å². The summed E-state index contributed by atoms with van der Waals surface area (Å²) >= 11 is 0. The van der Waals surface area contributed by atoms with Crippen LogP contribution >= 0.6 is 0 Å². The Morgan fingerprint density at radius 3 is 3.00 bits per heavy atom. The summed E-state index contributed by atoms with van der Waals surface area (Å²) in [6, 6.07) is 3.76. The second-order valence-electron chi connectivity index (χ2n) is 4.77. The number of hydrogen-bond acceptors (Lipinski definition) is 4. The number of amides is 1. The molecule has 0 aromatic carbocycles. The van der Waals surface area contributed by atoms with Crippen molar-refractivity contribution in [3.05, 3.63) is 24.0 Å². The molecule has 1 atom stereocenters. The molecule has 1 amide bonds. The molecule has 5 heteroatoms. The SMILES string of the molecule is CCC1CN(C(=O)c2cc(N)ccn2)CCN1C. The van der Waals surface area contributed by atoms with Crippen molar-refractivity contribution in [3.8, 4) is 0 Å². The Morgan fingerprint density at radius 1 is 1.56 bits per heavy atom.